The third-order valence-electron chi connectivity index (χ3n) is 2.92. The summed E-state index contributed by atoms with van der Waals surface area (Å²) < 4.78 is 1.30. The Labute approximate surface area is 110 Å². The number of anilines is 1. The molecule has 0 unspecified atom stereocenters. The molecule has 0 aliphatic rings. The maximum absolute atomic E-state index is 12.0. The third-order valence-corrected chi connectivity index (χ3v) is 2.92. The summed E-state index contributed by atoms with van der Waals surface area (Å²) >= 11 is 0. The highest BCUT2D eigenvalue weighted by atomic mass is 16.2. The number of rotatable bonds is 1. The number of aromatic nitrogens is 2. The number of aryl methyl sites for hydroxylation is 1. The fourth-order valence-corrected chi connectivity index (χ4v) is 1.97. The lowest BCUT2D eigenvalue weighted by Crippen LogP contribution is -2.19. The summed E-state index contributed by atoms with van der Waals surface area (Å²) in [6, 6.07) is 13.6. The number of hydrogen-bond acceptors (Lipinski definition) is 2. The summed E-state index contributed by atoms with van der Waals surface area (Å²) in [6.45, 7) is 1.90. The van der Waals surface area contributed by atoms with Gasteiger partial charge in [-0.15, -0.1) is 0 Å². The van der Waals surface area contributed by atoms with E-state index in [0.717, 1.165) is 22.0 Å². The average Bonchev–Trinajstić information content (AvgIpc) is 2.85. The van der Waals surface area contributed by atoms with Crippen molar-refractivity contribution in [2.24, 2.45) is 0 Å². The Bertz CT molecular complexity index is 746. The van der Waals surface area contributed by atoms with E-state index in [-0.39, 0.29) is 6.03 Å². The van der Waals surface area contributed by atoms with Crippen molar-refractivity contribution in [1.82, 2.24) is 9.78 Å². The Morgan fingerprint density at radius 1 is 1.16 bits per heavy atom. The van der Waals surface area contributed by atoms with Crippen LogP contribution < -0.4 is 5.32 Å². The zero-order chi connectivity index (χ0) is 13.2. The maximum Gasteiger partial charge on any atom is 0.346 e. The molecule has 1 aromatic heterocycles. The van der Waals surface area contributed by atoms with Crippen molar-refractivity contribution < 1.29 is 4.79 Å². The van der Waals surface area contributed by atoms with Crippen molar-refractivity contribution in [3.8, 4) is 0 Å². The standard InChI is InChI=1S/C15H13N3O/c1-11-9-16-18(10-11)15(19)17-14-7-6-12-4-2-3-5-13(12)8-14/h2-10H,1H3,(H,17,19). The minimum Gasteiger partial charge on any atom is -0.306 e. The third kappa shape index (κ3) is 2.33. The van der Waals surface area contributed by atoms with E-state index < -0.39 is 0 Å². The van der Waals surface area contributed by atoms with Gasteiger partial charge in [0.05, 0.1) is 6.20 Å². The lowest BCUT2D eigenvalue weighted by molar-refractivity contribution is 0.251. The Kier molecular flexibility index (Phi) is 2.76. The summed E-state index contributed by atoms with van der Waals surface area (Å²) in [5, 5.41) is 9.05. The second-order valence-corrected chi connectivity index (χ2v) is 4.45. The number of nitrogens with zero attached hydrogens (tertiary/aromatic N) is 2. The fraction of sp³-hybridized carbons (Fsp3) is 0.0667. The molecular formula is C15H13N3O. The van der Waals surface area contributed by atoms with Crippen molar-refractivity contribution in [2.75, 3.05) is 5.32 Å². The van der Waals surface area contributed by atoms with E-state index in [1.807, 2.05) is 49.4 Å². The maximum atomic E-state index is 12.0. The molecular weight excluding hydrogens is 238 g/mol. The first-order valence-corrected chi connectivity index (χ1v) is 6.04. The van der Waals surface area contributed by atoms with Crippen LogP contribution in [0.4, 0.5) is 10.5 Å². The van der Waals surface area contributed by atoms with E-state index in [1.165, 1.54) is 4.68 Å². The van der Waals surface area contributed by atoms with Gasteiger partial charge in [-0.1, -0.05) is 30.3 Å². The van der Waals surface area contributed by atoms with E-state index in [4.69, 9.17) is 0 Å². The van der Waals surface area contributed by atoms with Crippen LogP contribution in [-0.4, -0.2) is 15.8 Å². The molecule has 1 N–H and O–H groups in total. The quantitative estimate of drug-likeness (QED) is 0.720. The first-order chi connectivity index (χ1) is 9.22. The van der Waals surface area contributed by atoms with Gasteiger partial charge < -0.3 is 5.32 Å². The Hall–Kier alpha value is -2.62. The van der Waals surface area contributed by atoms with Crippen molar-refractivity contribution in [3.63, 3.8) is 0 Å². The van der Waals surface area contributed by atoms with Gasteiger partial charge in [0.2, 0.25) is 0 Å². The molecule has 2 aromatic carbocycles. The molecule has 0 aliphatic carbocycles. The van der Waals surface area contributed by atoms with Gasteiger partial charge in [0, 0.05) is 11.9 Å². The average molecular weight is 251 g/mol. The van der Waals surface area contributed by atoms with Crippen LogP contribution in [0.3, 0.4) is 0 Å². The minimum absolute atomic E-state index is 0.261. The first kappa shape index (κ1) is 11.5. The lowest BCUT2D eigenvalue weighted by atomic mass is 10.1. The summed E-state index contributed by atoms with van der Waals surface area (Å²) in [4.78, 5) is 12.0. The fourth-order valence-electron chi connectivity index (χ4n) is 1.97. The molecule has 3 rings (SSSR count). The molecule has 4 heteroatoms. The van der Waals surface area contributed by atoms with Crippen molar-refractivity contribution in [3.05, 3.63) is 60.4 Å². The predicted molar refractivity (Wildman–Crippen MR) is 75.3 cm³/mol. The van der Waals surface area contributed by atoms with Crippen LogP contribution in [0.25, 0.3) is 10.8 Å². The first-order valence-electron chi connectivity index (χ1n) is 6.04. The summed E-state index contributed by atoms with van der Waals surface area (Å²) in [6.07, 6.45) is 3.34. The highest BCUT2D eigenvalue weighted by Gasteiger charge is 2.06. The van der Waals surface area contributed by atoms with Crippen LogP contribution in [0.1, 0.15) is 5.56 Å². The molecule has 3 aromatic rings. The largest absolute Gasteiger partial charge is 0.346 e. The van der Waals surface area contributed by atoms with Crippen molar-refractivity contribution >= 4 is 22.5 Å². The Morgan fingerprint density at radius 2 is 1.95 bits per heavy atom. The number of fused-ring (bicyclic) bond motifs is 1. The summed E-state index contributed by atoms with van der Waals surface area (Å²) in [5.74, 6) is 0. The van der Waals surface area contributed by atoms with Gasteiger partial charge in [0.15, 0.2) is 0 Å². The van der Waals surface area contributed by atoms with Gasteiger partial charge in [-0.25, -0.2) is 4.79 Å². The molecule has 0 aliphatic heterocycles. The van der Waals surface area contributed by atoms with E-state index in [2.05, 4.69) is 10.4 Å². The van der Waals surface area contributed by atoms with Gasteiger partial charge in [0.25, 0.3) is 0 Å². The second kappa shape index (κ2) is 4.57. The number of amides is 1. The van der Waals surface area contributed by atoms with Crippen LogP contribution in [0, 0.1) is 6.92 Å². The van der Waals surface area contributed by atoms with Crippen LogP contribution in [0.5, 0.6) is 0 Å². The van der Waals surface area contributed by atoms with Crippen LogP contribution >= 0.6 is 0 Å². The van der Waals surface area contributed by atoms with E-state index in [1.54, 1.807) is 12.4 Å². The Morgan fingerprint density at radius 3 is 2.68 bits per heavy atom. The predicted octanol–water partition coefficient (Wildman–Crippen LogP) is 3.42. The molecule has 0 radical (unpaired) electrons. The Balaban J connectivity index is 1.87. The van der Waals surface area contributed by atoms with Crippen LogP contribution in [0.2, 0.25) is 0 Å². The number of hydrogen-bond donors (Lipinski definition) is 1. The molecule has 0 saturated carbocycles. The van der Waals surface area contributed by atoms with Crippen molar-refractivity contribution in [1.29, 1.82) is 0 Å². The van der Waals surface area contributed by atoms with Gasteiger partial charge in [-0.2, -0.15) is 9.78 Å². The zero-order valence-corrected chi connectivity index (χ0v) is 10.5. The molecule has 0 spiro atoms. The smallest absolute Gasteiger partial charge is 0.306 e. The molecule has 1 heterocycles. The molecule has 4 nitrogen and oxygen atoms in total. The number of benzene rings is 2. The molecule has 0 fully saturated rings. The van der Waals surface area contributed by atoms with Gasteiger partial charge in [-0.05, 0) is 35.4 Å². The van der Waals surface area contributed by atoms with Crippen LogP contribution in [0.15, 0.2) is 54.9 Å². The molecule has 0 atom stereocenters. The summed E-state index contributed by atoms with van der Waals surface area (Å²) in [7, 11) is 0. The number of nitrogens with one attached hydrogen (secondary N) is 1. The monoisotopic (exact) mass is 251 g/mol. The molecule has 19 heavy (non-hydrogen) atoms. The number of carbonyl (C=O) groups excluding carboxylic acids is 1. The van der Waals surface area contributed by atoms with Gasteiger partial charge in [0.1, 0.15) is 0 Å². The summed E-state index contributed by atoms with van der Waals surface area (Å²) in [5.41, 5.74) is 1.71. The van der Waals surface area contributed by atoms with Crippen molar-refractivity contribution in [2.45, 2.75) is 6.92 Å². The molecule has 0 saturated heterocycles. The van der Waals surface area contributed by atoms with Gasteiger partial charge >= 0.3 is 6.03 Å². The highest BCUT2D eigenvalue weighted by molar-refractivity contribution is 5.94. The number of carbonyl (C=O) groups is 1. The van der Waals surface area contributed by atoms with Crippen LogP contribution in [-0.2, 0) is 0 Å². The van der Waals surface area contributed by atoms with E-state index in [0.29, 0.717) is 0 Å². The van der Waals surface area contributed by atoms with Gasteiger partial charge in [-0.3, -0.25) is 0 Å². The highest BCUT2D eigenvalue weighted by Crippen LogP contribution is 2.18. The minimum atomic E-state index is -0.261. The van der Waals surface area contributed by atoms with E-state index >= 15 is 0 Å². The van der Waals surface area contributed by atoms with E-state index in [9.17, 15) is 4.79 Å². The molecule has 94 valence electrons. The zero-order valence-electron chi connectivity index (χ0n) is 10.5. The topological polar surface area (TPSA) is 46.9 Å². The molecule has 1 amide bonds. The SMILES string of the molecule is Cc1cnn(C(=O)Nc2ccc3ccccc3c2)c1. The normalized spacial score (nSPS) is 10.6. The second-order valence-electron chi connectivity index (χ2n) is 4.45. The lowest BCUT2D eigenvalue weighted by Gasteiger charge is -2.06. The molecule has 0 bridgehead atoms.